The average Bonchev–Trinajstić information content (AvgIpc) is 2.47. The number of nitrogen functional groups attached to an aromatic ring is 1. The zero-order chi connectivity index (χ0) is 17.0. The van der Waals surface area contributed by atoms with Crippen molar-refractivity contribution in [2.45, 2.75) is 33.6 Å². The first-order chi connectivity index (χ1) is 10.4. The molecule has 22 heavy (non-hydrogen) atoms. The van der Waals surface area contributed by atoms with Gasteiger partial charge in [0.15, 0.2) is 0 Å². The van der Waals surface area contributed by atoms with Crippen LogP contribution in [0.2, 0.25) is 0 Å². The van der Waals surface area contributed by atoms with Gasteiger partial charge in [0.05, 0.1) is 12.7 Å². The fraction of sp³-hybridized carbons (Fsp3) is 0.333. The summed E-state index contributed by atoms with van der Waals surface area (Å²) in [5.41, 5.74) is 8.84. The van der Waals surface area contributed by atoms with Crippen LogP contribution in [0.25, 0.3) is 0 Å². The molecule has 0 bridgehead atoms. The highest BCUT2D eigenvalue weighted by Gasteiger charge is 2.06. The van der Waals surface area contributed by atoms with Crippen molar-refractivity contribution in [3.8, 4) is 0 Å². The second-order valence-electron chi connectivity index (χ2n) is 5.05. The second-order valence-corrected chi connectivity index (χ2v) is 5.05. The lowest BCUT2D eigenvalue weighted by atomic mass is 10.1. The third-order valence-electron chi connectivity index (χ3n) is 2.81. The number of para-hydroxylation sites is 1. The molecular weight excluding hydrogens is 278 g/mol. The van der Waals surface area contributed by atoms with E-state index in [-0.39, 0.29) is 0 Å². The highest BCUT2D eigenvalue weighted by Crippen LogP contribution is 2.10. The van der Waals surface area contributed by atoms with Gasteiger partial charge in [-0.25, -0.2) is 4.79 Å². The molecule has 0 aromatic heterocycles. The number of ether oxygens (including phenoxy) is 1. The second kappa shape index (κ2) is 11.3. The molecule has 4 nitrogen and oxygen atoms in total. The Kier molecular flexibility index (Phi) is 10.1. The van der Waals surface area contributed by atoms with Crippen LogP contribution < -0.4 is 5.73 Å². The molecular formula is C18H25NO3. The van der Waals surface area contributed by atoms with Gasteiger partial charge < -0.3 is 10.5 Å². The number of nitrogens with two attached hydrogens (primary N) is 1. The van der Waals surface area contributed by atoms with Crippen molar-refractivity contribution in [1.82, 2.24) is 0 Å². The Morgan fingerprint density at radius 3 is 2.36 bits per heavy atom. The molecule has 0 fully saturated rings. The number of hydrogen-bond acceptors (Lipinski definition) is 4. The minimum absolute atomic E-state index is 0.400. The van der Waals surface area contributed by atoms with Gasteiger partial charge in [-0.3, -0.25) is 4.79 Å². The number of anilines is 1. The van der Waals surface area contributed by atoms with Gasteiger partial charge in [-0.1, -0.05) is 29.4 Å². The number of rotatable bonds is 5. The lowest BCUT2D eigenvalue weighted by molar-refractivity contribution is -0.104. The zero-order valence-corrected chi connectivity index (χ0v) is 13.8. The molecule has 0 radical (unpaired) electrons. The van der Waals surface area contributed by atoms with Crippen LogP contribution in [0.15, 0.2) is 47.6 Å². The molecule has 0 amide bonds. The summed E-state index contributed by atoms with van der Waals surface area (Å²) in [6.45, 7) is 6.14. The molecule has 0 saturated carbocycles. The quantitative estimate of drug-likeness (QED) is 0.294. The smallest absolute Gasteiger partial charge is 0.339 e. The molecule has 0 atom stereocenters. The first kappa shape index (κ1) is 19.6. The molecule has 0 spiro atoms. The van der Waals surface area contributed by atoms with Crippen LogP contribution in [0.3, 0.4) is 0 Å². The van der Waals surface area contributed by atoms with Crippen LogP contribution in [-0.2, 0) is 9.53 Å². The largest absolute Gasteiger partial charge is 0.465 e. The van der Waals surface area contributed by atoms with Crippen molar-refractivity contribution in [2.24, 2.45) is 0 Å². The number of esters is 1. The molecule has 1 aromatic carbocycles. The normalized spacial score (nSPS) is 10.1. The topological polar surface area (TPSA) is 69.4 Å². The molecule has 0 aliphatic carbocycles. The van der Waals surface area contributed by atoms with Crippen LogP contribution >= 0.6 is 0 Å². The first-order valence-electron chi connectivity index (χ1n) is 7.09. The minimum Gasteiger partial charge on any atom is -0.465 e. The number of hydrogen-bond donors (Lipinski definition) is 1. The predicted octanol–water partition coefficient (Wildman–Crippen LogP) is 3.93. The van der Waals surface area contributed by atoms with Gasteiger partial charge in [-0.05, 0) is 51.8 Å². The van der Waals surface area contributed by atoms with E-state index in [2.05, 4.69) is 24.7 Å². The van der Waals surface area contributed by atoms with Crippen LogP contribution in [0.1, 0.15) is 44.0 Å². The maximum Gasteiger partial charge on any atom is 0.339 e. The van der Waals surface area contributed by atoms with Crippen molar-refractivity contribution in [1.29, 1.82) is 0 Å². The van der Waals surface area contributed by atoms with Crippen molar-refractivity contribution in [3.63, 3.8) is 0 Å². The average molecular weight is 303 g/mol. The predicted molar refractivity (Wildman–Crippen MR) is 90.7 cm³/mol. The molecule has 4 heteroatoms. The van der Waals surface area contributed by atoms with E-state index in [0.717, 1.165) is 24.7 Å². The minimum atomic E-state index is -0.400. The molecule has 0 aliphatic rings. The van der Waals surface area contributed by atoms with Crippen molar-refractivity contribution in [2.75, 3.05) is 12.8 Å². The fourth-order valence-electron chi connectivity index (χ4n) is 1.58. The van der Waals surface area contributed by atoms with E-state index in [4.69, 9.17) is 5.73 Å². The third kappa shape index (κ3) is 8.74. The van der Waals surface area contributed by atoms with Gasteiger partial charge in [0.25, 0.3) is 0 Å². The first-order valence-corrected chi connectivity index (χ1v) is 7.09. The van der Waals surface area contributed by atoms with E-state index in [1.165, 1.54) is 12.7 Å². The lowest BCUT2D eigenvalue weighted by Gasteiger charge is -2.00. The summed E-state index contributed by atoms with van der Waals surface area (Å²) in [5.74, 6) is -0.400. The number of benzene rings is 1. The third-order valence-corrected chi connectivity index (χ3v) is 2.81. The number of carbonyl (C=O) groups excluding carboxylic acids is 2. The summed E-state index contributed by atoms with van der Waals surface area (Å²) in [7, 11) is 1.33. The van der Waals surface area contributed by atoms with Crippen molar-refractivity contribution in [3.05, 3.63) is 53.1 Å². The Labute approximate surface area is 132 Å². The van der Waals surface area contributed by atoms with Crippen LogP contribution in [0.4, 0.5) is 5.69 Å². The summed E-state index contributed by atoms with van der Waals surface area (Å²) in [4.78, 5) is 21.0. The molecule has 1 rings (SSSR count). The van der Waals surface area contributed by atoms with Crippen LogP contribution in [-0.4, -0.2) is 19.4 Å². The van der Waals surface area contributed by atoms with E-state index in [1.54, 1.807) is 30.3 Å². The highest BCUT2D eigenvalue weighted by atomic mass is 16.5. The van der Waals surface area contributed by atoms with E-state index < -0.39 is 5.97 Å². The maximum atomic E-state index is 10.9. The molecule has 0 heterocycles. The molecule has 120 valence electrons. The van der Waals surface area contributed by atoms with Gasteiger partial charge in [-0.15, -0.1) is 0 Å². The fourth-order valence-corrected chi connectivity index (χ4v) is 1.58. The van der Waals surface area contributed by atoms with Crippen molar-refractivity contribution < 1.29 is 14.3 Å². The van der Waals surface area contributed by atoms with Crippen LogP contribution in [0.5, 0.6) is 0 Å². The Balaban J connectivity index is 0.000000401. The van der Waals surface area contributed by atoms with Gasteiger partial charge in [0.2, 0.25) is 0 Å². The molecule has 0 aliphatic heterocycles. The lowest BCUT2D eigenvalue weighted by Crippen LogP contribution is -2.04. The van der Waals surface area contributed by atoms with Gasteiger partial charge in [0, 0.05) is 5.69 Å². The summed E-state index contributed by atoms with van der Waals surface area (Å²) >= 11 is 0. The molecule has 1 aromatic rings. The summed E-state index contributed by atoms with van der Waals surface area (Å²) in [6.07, 6.45) is 6.68. The van der Waals surface area contributed by atoms with E-state index in [0.29, 0.717) is 11.3 Å². The summed E-state index contributed by atoms with van der Waals surface area (Å²) in [5, 5.41) is 0. The van der Waals surface area contributed by atoms with Crippen molar-refractivity contribution >= 4 is 17.9 Å². The number of aldehydes is 1. The van der Waals surface area contributed by atoms with E-state index in [1.807, 2.05) is 6.92 Å². The number of methoxy groups -OCH3 is 1. The van der Waals surface area contributed by atoms with Crippen LogP contribution in [0, 0.1) is 0 Å². The van der Waals surface area contributed by atoms with Gasteiger partial charge in [0.1, 0.15) is 6.29 Å². The number of carbonyl (C=O) groups is 2. The molecule has 0 unspecified atom stereocenters. The maximum absolute atomic E-state index is 10.9. The summed E-state index contributed by atoms with van der Waals surface area (Å²) < 4.78 is 4.50. The Morgan fingerprint density at radius 1 is 1.23 bits per heavy atom. The Morgan fingerprint density at radius 2 is 1.86 bits per heavy atom. The highest BCUT2D eigenvalue weighted by molar-refractivity contribution is 5.94. The molecule has 0 saturated heterocycles. The van der Waals surface area contributed by atoms with Gasteiger partial charge in [-0.2, -0.15) is 0 Å². The monoisotopic (exact) mass is 303 g/mol. The zero-order valence-electron chi connectivity index (χ0n) is 13.8. The Hall–Kier alpha value is -2.36. The van der Waals surface area contributed by atoms with E-state index >= 15 is 0 Å². The van der Waals surface area contributed by atoms with Gasteiger partial charge >= 0.3 is 5.97 Å². The SMILES string of the molecule is CC(C)=CCCC(C)=CC=O.COC(=O)c1ccccc1N. The standard InChI is InChI=1S/C10H16O.C8H9NO2/c1-9(2)5-4-6-10(3)7-8-11;1-11-8(10)6-4-2-3-5-7(6)9/h5,7-8H,4,6H2,1-3H3;2-5H,9H2,1H3. The molecule has 2 N–H and O–H groups in total. The van der Waals surface area contributed by atoms with E-state index in [9.17, 15) is 9.59 Å². The summed E-state index contributed by atoms with van der Waals surface area (Å²) in [6, 6.07) is 6.79. The number of allylic oxidation sites excluding steroid dienone is 4. The Bertz CT molecular complexity index is 541.